The van der Waals surface area contributed by atoms with Crippen molar-refractivity contribution < 1.29 is 0 Å². The second kappa shape index (κ2) is 14.4. The molecule has 262 valence electrons. The normalized spacial score (nSPS) is 11.2. The van der Waals surface area contributed by atoms with E-state index >= 15 is 0 Å². The van der Waals surface area contributed by atoms with Crippen LogP contribution in [0.15, 0.2) is 219 Å². The fraction of sp³-hybridized carbons (Fsp3) is 0. The molecule has 2 nitrogen and oxygen atoms in total. The first-order valence-corrected chi connectivity index (χ1v) is 19.1. The maximum Gasteiger partial charge on any atom is 0.159 e. The van der Waals surface area contributed by atoms with Crippen LogP contribution in [0.25, 0.3) is 99.7 Å². The standard InChI is InChI=1S/C54H36N2/c1-5-16-37(17-6-1)42-30-43(38-18-7-2-8-19-38)33-46(32-42)52-48-24-13-14-25-49(48)53(51-36-41(26-27-50(51)52)54-55-28-15-29-56-54)47-34-44(39-20-9-3-10-21-39)31-45(35-47)40-22-11-4-12-23-40/h1-36H. The summed E-state index contributed by atoms with van der Waals surface area (Å²) in [4.78, 5) is 9.38. The van der Waals surface area contributed by atoms with E-state index in [1.807, 2.05) is 18.5 Å². The number of aromatic nitrogens is 2. The summed E-state index contributed by atoms with van der Waals surface area (Å²) in [7, 11) is 0. The van der Waals surface area contributed by atoms with Crippen molar-refractivity contribution >= 4 is 21.5 Å². The number of benzene rings is 9. The van der Waals surface area contributed by atoms with Crippen LogP contribution in [0.3, 0.4) is 0 Å². The summed E-state index contributed by atoms with van der Waals surface area (Å²) in [6.07, 6.45) is 3.63. The number of hydrogen-bond acceptors (Lipinski definition) is 2. The van der Waals surface area contributed by atoms with Gasteiger partial charge in [-0.05, 0) is 137 Å². The molecule has 10 aromatic rings. The lowest BCUT2D eigenvalue weighted by Crippen LogP contribution is -1.94. The zero-order valence-corrected chi connectivity index (χ0v) is 30.7. The minimum atomic E-state index is 0.704. The van der Waals surface area contributed by atoms with E-state index in [0.717, 1.165) is 16.5 Å². The molecule has 56 heavy (non-hydrogen) atoms. The molecule has 2 heteroatoms. The van der Waals surface area contributed by atoms with Crippen molar-refractivity contribution in [3.05, 3.63) is 219 Å². The molecule has 0 unspecified atom stereocenters. The van der Waals surface area contributed by atoms with Gasteiger partial charge in [-0.25, -0.2) is 9.97 Å². The second-order valence-electron chi connectivity index (χ2n) is 14.2. The van der Waals surface area contributed by atoms with E-state index in [9.17, 15) is 0 Å². The molecule has 9 aromatic carbocycles. The van der Waals surface area contributed by atoms with Crippen molar-refractivity contribution in [3.63, 3.8) is 0 Å². The van der Waals surface area contributed by atoms with Gasteiger partial charge in [0, 0.05) is 18.0 Å². The summed E-state index contributed by atoms with van der Waals surface area (Å²) < 4.78 is 0. The van der Waals surface area contributed by atoms with Gasteiger partial charge < -0.3 is 0 Å². The maximum atomic E-state index is 4.69. The summed E-state index contributed by atoms with van der Waals surface area (Å²) in [6, 6.07) is 74.4. The van der Waals surface area contributed by atoms with Crippen molar-refractivity contribution in [1.29, 1.82) is 0 Å². The van der Waals surface area contributed by atoms with Crippen LogP contribution < -0.4 is 0 Å². The average Bonchev–Trinajstić information content (AvgIpc) is 3.29. The third-order valence-corrected chi connectivity index (χ3v) is 10.7. The molecule has 0 aliphatic rings. The molecule has 0 atom stereocenters. The van der Waals surface area contributed by atoms with E-state index in [2.05, 4.69) is 210 Å². The Bertz CT molecular complexity index is 2860. The van der Waals surface area contributed by atoms with E-state index in [1.165, 1.54) is 77.4 Å². The summed E-state index contributed by atoms with van der Waals surface area (Å²) >= 11 is 0. The van der Waals surface area contributed by atoms with E-state index in [1.54, 1.807) is 0 Å². The van der Waals surface area contributed by atoms with Crippen LogP contribution in [0.2, 0.25) is 0 Å². The van der Waals surface area contributed by atoms with Crippen LogP contribution in [0.1, 0.15) is 0 Å². The quantitative estimate of drug-likeness (QED) is 0.154. The van der Waals surface area contributed by atoms with Crippen molar-refractivity contribution in [2.24, 2.45) is 0 Å². The van der Waals surface area contributed by atoms with Gasteiger partial charge in [-0.1, -0.05) is 158 Å². The monoisotopic (exact) mass is 712 g/mol. The molecule has 0 saturated heterocycles. The average molecular weight is 713 g/mol. The Morgan fingerprint density at radius 3 is 0.964 bits per heavy atom. The molecule has 0 N–H and O–H groups in total. The molecule has 0 radical (unpaired) electrons. The third-order valence-electron chi connectivity index (χ3n) is 10.7. The smallest absolute Gasteiger partial charge is 0.159 e. The van der Waals surface area contributed by atoms with Gasteiger partial charge in [0.15, 0.2) is 5.82 Å². The van der Waals surface area contributed by atoms with Crippen LogP contribution in [0.5, 0.6) is 0 Å². The molecule has 0 aliphatic heterocycles. The first-order chi connectivity index (χ1) is 27.8. The van der Waals surface area contributed by atoms with Gasteiger partial charge in [-0.15, -0.1) is 0 Å². The minimum Gasteiger partial charge on any atom is -0.237 e. The first kappa shape index (κ1) is 33.2. The lowest BCUT2D eigenvalue weighted by atomic mass is 9.83. The van der Waals surface area contributed by atoms with Crippen molar-refractivity contribution in [2.45, 2.75) is 0 Å². The van der Waals surface area contributed by atoms with Crippen molar-refractivity contribution in [2.75, 3.05) is 0 Å². The first-order valence-electron chi connectivity index (χ1n) is 19.1. The van der Waals surface area contributed by atoms with Crippen LogP contribution in [-0.2, 0) is 0 Å². The summed E-state index contributed by atoms with van der Waals surface area (Å²) in [5, 5.41) is 4.72. The maximum absolute atomic E-state index is 4.69. The Kier molecular flexibility index (Phi) is 8.55. The molecule has 0 spiro atoms. The molecule has 0 amide bonds. The predicted octanol–water partition coefficient (Wildman–Crippen LogP) is 14.5. The molecule has 0 aliphatic carbocycles. The Balaban J connectivity index is 1.32. The Hall–Kier alpha value is -7.42. The summed E-state index contributed by atoms with van der Waals surface area (Å²) in [5.74, 6) is 0.704. The highest BCUT2D eigenvalue weighted by Gasteiger charge is 2.20. The Morgan fingerprint density at radius 1 is 0.214 bits per heavy atom. The summed E-state index contributed by atoms with van der Waals surface area (Å²) in [6.45, 7) is 0. The summed E-state index contributed by atoms with van der Waals surface area (Å²) in [5.41, 5.74) is 15.2. The number of nitrogens with zero attached hydrogens (tertiary/aromatic N) is 2. The van der Waals surface area contributed by atoms with Crippen LogP contribution >= 0.6 is 0 Å². The van der Waals surface area contributed by atoms with E-state index in [4.69, 9.17) is 0 Å². The zero-order valence-electron chi connectivity index (χ0n) is 30.7. The van der Waals surface area contributed by atoms with E-state index < -0.39 is 0 Å². The molecule has 0 saturated carbocycles. The van der Waals surface area contributed by atoms with Crippen LogP contribution in [-0.4, -0.2) is 9.97 Å². The molecular formula is C54H36N2. The fourth-order valence-electron chi connectivity index (χ4n) is 8.12. The molecule has 1 heterocycles. The molecular weight excluding hydrogens is 677 g/mol. The van der Waals surface area contributed by atoms with Crippen LogP contribution in [0, 0.1) is 0 Å². The Morgan fingerprint density at radius 2 is 0.554 bits per heavy atom. The fourth-order valence-corrected chi connectivity index (χ4v) is 8.12. The van der Waals surface area contributed by atoms with Gasteiger partial charge in [-0.2, -0.15) is 0 Å². The van der Waals surface area contributed by atoms with Gasteiger partial charge in [0.25, 0.3) is 0 Å². The molecule has 0 fully saturated rings. The highest BCUT2D eigenvalue weighted by Crippen LogP contribution is 2.47. The zero-order chi connectivity index (χ0) is 37.3. The second-order valence-corrected chi connectivity index (χ2v) is 14.2. The molecule has 1 aromatic heterocycles. The van der Waals surface area contributed by atoms with E-state index in [-0.39, 0.29) is 0 Å². The molecule has 0 bridgehead atoms. The lowest BCUT2D eigenvalue weighted by Gasteiger charge is -2.21. The highest BCUT2D eigenvalue weighted by molar-refractivity contribution is 6.22. The number of fused-ring (bicyclic) bond motifs is 2. The van der Waals surface area contributed by atoms with Crippen molar-refractivity contribution in [3.8, 4) is 78.1 Å². The number of rotatable bonds is 7. The van der Waals surface area contributed by atoms with Gasteiger partial charge in [-0.3, -0.25) is 0 Å². The third kappa shape index (κ3) is 6.24. The largest absolute Gasteiger partial charge is 0.237 e. The Labute approximate surface area is 327 Å². The highest BCUT2D eigenvalue weighted by atomic mass is 14.8. The van der Waals surface area contributed by atoms with Gasteiger partial charge in [0.2, 0.25) is 0 Å². The van der Waals surface area contributed by atoms with Gasteiger partial charge in [0.05, 0.1) is 0 Å². The number of hydrogen-bond donors (Lipinski definition) is 0. The van der Waals surface area contributed by atoms with Gasteiger partial charge >= 0.3 is 0 Å². The molecule has 10 rings (SSSR count). The van der Waals surface area contributed by atoms with Gasteiger partial charge in [0.1, 0.15) is 0 Å². The van der Waals surface area contributed by atoms with Crippen LogP contribution in [0.4, 0.5) is 0 Å². The van der Waals surface area contributed by atoms with Crippen molar-refractivity contribution in [1.82, 2.24) is 9.97 Å². The SMILES string of the molecule is c1ccc(-c2cc(-c3ccccc3)cc(-c3c4ccccc4c(-c4cc(-c5ccccc5)cc(-c5ccccc5)c4)c4cc(-c5ncccn5)ccc34)c2)cc1. The minimum absolute atomic E-state index is 0.704. The lowest BCUT2D eigenvalue weighted by molar-refractivity contribution is 1.18. The predicted molar refractivity (Wildman–Crippen MR) is 235 cm³/mol. The van der Waals surface area contributed by atoms with E-state index in [0.29, 0.717) is 5.82 Å². The topological polar surface area (TPSA) is 25.8 Å².